The van der Waals surface area contributed by atoms with Gasteiger partial charge in [-0.1, -0.05) is 24.3 Å². The van der Waals surface area contributed by atoms with Crippen LogP contribution in [-0.4, -0.2) is 66.0 Å². The fourth-order valence-electron chi connectivity index (χ4n) is 3.96. The van der Waals surface area contributed by atoms with Crippen LogP contribution in [0.1, 0.15) is 24.5 Å². The van der Waals surface area contributed by atoms with Gasteiger partial charge >= 0.3 is 0 Å². The summed E-state index contributed by atoms with van der Waals surface area (Å²) in [6, 6.07) is 14.0. The van der Waals surface area contributed by atoms with E-state index in [0.717, 1.165) is 50.5 Å². The Kier molecular flexibility index (Phi) is 7.75. The van der Waals surface area contributed by atoms with Gasteiger partial charge in [0.1, 0.15) is 5.75 Å². The fraction of sp³-hybridized carbons (Fsp3) is 0.478. The number of phenolic OH excluding ortho intramolecular Hbond substituents is 1. The molecule has 0 bridgehead atoms. The Labute approximate surface area is 173 Å². The number of piperazine rings is 1. The number of methoxy groups -OCH3 is 1. The zero-order valence-corrected chi connectivity index (χ0v) is 17.4. The highest BCUT2D eigenvalue weighted by molar-refractivity contribution is 5.41. The Morgan fingerprint density at radius 2 is 1.90 bits per heavy atom. The number of phenols is 1. The average Bonchev–Trinajstić information content (AvgIpc) is 2.73. The minimum atomic E-state index is 0.159. The van der Waals surface area contributed by atoms with Gasteiger partial charge in [0.15, 0.2) is 11.5 Å². The van der Waals surface area contributed by atoms with Crippen LogP contribution in [0.4, 0.5) is 0 Å². The van der Waals surface area contributed by atoms with Gasteiger partial charge in [0.05, 0.1) is 13.7 Å². The zero-order valence-electron chi connectivity index (χ0n) is 17.4. The summed E-state index contributed by atoms with van der Waals surface area (Å²) in [5.74, 6) is 1.60. The minimum Gasteiger partial charge on any atom is -0.504 e. The molecule has 2 aromatic rings. The smallest absolute Gasteiger partial charge is 0.160 e. The fourth-order valence-corrected chi connectivity index (χ4v) is 3.96. The molecule has 6 nitrogen and oxygen atoms in total. The molecule has 0 unspecified atom stereocenters. The molecule has 0 aliphatic carbocycles. The first kappa shape index (κ1) is 21.4. The molecule has 0 saturated carbocycles. The van der Waals surface area contributed by atoms with Crippen LogP contribution in [0.3, 0.4) is 0 Å². The number of hydrogen-bond acceptors (Lipinski definition) is 6. The molecule has 158 valence electrons. The molecule has 0 spiro atoms. The molecule has 0 radical (unpaired) electrons. The molecule has 1 fully saturated rings. The van der Waals surface area contributed by atoms with Gasteiger partial charge in [-0.25, -0.2) is 0 Å². The minimum absolute atomic E-state index is 0.159. The Bertz CT molecular complexity index is 783. The first-order valence-corrected chi connectivity index (χ1v) is 10.3. The van der Waals surface area contributed by atoms with Crippen molar-refractivity contribution < 1.29 is 19.7 Å². The summed E-state index contributed by atoms with van der Waals surface area (Å²) in [5.41, 5.74) is 2.30. The molecule has 1 heterocycles. The highest BCUT2D eigenvalue weighted by Crippen LogP contribution is 2.28. The molecule has 0 aromatic heterocycles. The number of aliphatic hydroxyl groups is 1. The van der Waals surface area contributed by atoms with Crippen molar-refractivity contribution in [1.82, 2.24) is 9.80 Å². The van der Waals surface area contributed by atoms with Crippen LogP contribution >= 0.6 is 0 Å². The van der Waals surface area contributed by atoms with Crippen LogP contribution in [0, 0.1) is 0 Å². The molecule has 29 heavy (non-hydrogen) atoms. The van der Waals surface area contributed by atoms with Crippen LogP contribution in [0.25, 0.3) is 0 Å². The van der Waals surface area contributed by atoms with E-state index >= 15 is 0 Å². The van der Waals surface area contributed by atoms with Crippen molar-refractivity contribution in [2.75, 3.05) is 40.0 Å². The lowest BCUT2D eigenvalue weighted by molar-refractivity contribution is 0.0494. The number of hydrogen-bond donors (Lipinski definition) is 2. The maximum atomic E-state index is 9.81. The number of ether oxygens (including phenoxy) is 2. The predicted octanol–water partition coefficient (Wildman–Crippen LogP) is 2.87. The van der Waals surface area contributed by atoms with E-state index in [2.05, 4.69) is 15.9 Å². The summed E-state index contributed by atoms with van der Waals surface area (Å²) in [7, 11) is 1.56. The summed E-state index contributed by atoms with van der Waals surface area (Å²) >= 11 is 0. The van der Waals surface area contributed by atoms with Gasteiger partial charge < -0.3 is 19.7 Å². The maximum absolute atomic E-state index is 9.81. The monoisotopic (exact) mass is 400 g/mol. The van der Waals surface area contributed by atoms with Crippen molar-refractivity contribution >= 4 is 0 Å². The van der Waals surface area contributed by atoms with Crippen molar-refractivity contribution in [3.8, 4) is 17.2 Å². The highest BCUT2D eigenvalue weighted by atomic mass is 16.5. The number of rotatable bonds is 9. The molecule has 1 saturated heterocycles. The normalized spacial score (nSPS) is 18.0. The summed E-state index contributed by atoms with van der Waals surface area (Å²) < 4.78 is 11.0. The third kappa shape index (κ3) is 5.63. The Morgan fingerprint density at radius 1 is 1.07 bits per heavy atom. The van der Waals surface area contributed by atoms with Crippen molar-refractivity contribution in [2.45, 2.75) is 32.5 Å². The van der Waals surface area contributed by atoms with Gasteiger partial charge in [0.2, 0.25) is 0 Å². The Morgan fingerprint density at radius 3 is 2.66 bits per heavy atom. The highest BCUT2D eigenvalue weighted by Gasteiger charge is 2.27. The topological polar surface area (TPSA) is 65.4 Å². The summed E-state index contributed by atoms with van der Waals surface area (Å²) in [6.07, 6.45) is 0.742. The first-order chi connectivity index (χ1) is 14.1. The van der Waals surface area contributed by atoms with Crippen LogP contribution in [0.15, 0.2) is 42.5 Å². The molecule has 1 atom stereocenters. The lowest BCUT2D eigenvalue weighted by Gasteiger charge is -2.41. The molecule has 3 rings (SSSR count). The van der Waals surface area contributed by atoms with E-state index in [1.165, 1.54) is 5.56 Å². The second kappa shape index (κ2) is 10.5. The lowest BCUT2D eigenvalue weighted by atomic mass is 10.1. The molecule has 1 aliphatic rings. The van der Waals surface area contributed by atoms with E-state index in [9.17, 15) is 10.2 Å². The average molecular weight is 401 g/mol. The Hall–Kier alpha value is -2.28. The van der Waals surface area contributed by atoms with E-state index in [4.69, 9.17) is 9.47 Å². The van der Waals surface area contributed by atoms with Gasteiger partial charge in [-0.2, -0.15) is 0 Å². The van der Waals surface area contributed by atoms with Gasteiger partial charge in [-0.15, -0.1) is 0 Å². The number of aromatic hydroxyl groups is 1. The van der Waals surface area contributed by atoms with Crippen LogP contribution < -0.4 is 9.47 Å². The molecule has 1 aliphatic heterocycles. The number of aliphatic hydroxyl groups excluding tert-OH is 1. The SMILES string of the molecule is CCOc1ccccc1CN1CCN(Cc2ccc(O)c(OC)c2)C[C@H]1CCO. The first-order valence-electron chi connectivity index (χ1n) is 10.3. The maximum Gasteiger partial charge on any atom is 0.160 e. The van der Waals surface area contributed by atoms with Crippen LogP contribution in [0.2, 0.25) is 0 Å². The van der Waals surface area contributed by atoms with E-state index in [1.807, 2.05) is 37.3 Å². The van der Waals surface area contributed by atoms with Crippen molar-refractivity contribution in [3.05, 3.63) is 53.6 Å². The number of benzene rings is 2. The molecular formula is C23H32N2O4. The lowest BCUT2D eigenvalue weighted by Crippen LogP contribution is -2.52. The summed E-state index contributed by atoms with van der Waals surface area (Å²) in [6.45, 7) is 7.21. The van der Waals surface area contributed by atoms with Gasteiger partial charge in [-0.3, -0.25) is 9.80 Å². The van der Waals surface area contributed by atoms with Gasteiger partial charge in [0, 0.05) is 50.9 Å². The van der Waals surface area contributed by atoms with E-state index < -0.39 is 0 Å². The molecule has 6 heteroatoms. The van der Waals surface area contributed by atoms with E-state index in [1.54, 1.807) is 13.2 Å². The molecule has 0 amide bonds. The molecule has 2 aromatic carbocycles. The zero-order chi connectivity index (χ0) is 20.6. The third-order valence-electron chi connectivity index (χ3n) is 5.45. The quantitative estimate of drug-likeness (QED) is 0.675. The van der Waals surface area contributed by atoms with E-state index in [0.29, 0.717) is 12.4 Å². The van der Waals surface area contributed by atoms with Crippen molar-refractivity contribution in [2.24, 2.45) is 0 Å². The standard InChI is InChI=1S/C23H32N2O4/c1-3-29-22-7-5-4-6-19(22)16-25-12-11-24(17-20(25)10-13-26)15-18-8-9-21(27)23(14-18)28-2/h4-9,14,20,26-27H,3,10-13,15-17H2,1-2H3/t20-/m1/s1. The third-order valence-corrected chi connectivity index (χ3v) is 5.45. The van der Waals surface area contributed by atoms with Crippen LogP contribution in [-0.2, 0) is 13.1 Å². The Balaban J connectivity index is 1.66. The largest absolute Gasteiger partial charge is 0.504 e. The van der Waals surface area contributed by atoms with Crippen LogP contribution in [0.5, 0.6) is 17.2 Å². The summed E-state index contributed by atoms with van der Waals surface area (Å²) in [5, 5.41) is 19.4. The number of nitrogens with zero attached hydrogens (tertiary/aromatic N) is 2. The van der Waals surface area contributed by atoms with Crippen molar-refractivity contribution in [3.63, 3.8) is 0 Å². The second-order valence-corrected chi connectivity index (χ2v) is 7.42. The van der Waals surface area contributed by atoms with Crippen molar-refractivity contribution in [1.29, 1.82) is 0 Å². The predicted molar refractivity (Wildman–Crippen MR) is 113 cm³/mol. The molecule has 2 N–H and O–H groups in total. The van der Waals surface area contributed by atoms with E-state index in [-0.39, 0.29) is 18.4 Å². The summed E-state index contributed by atoms with van der Waals surface area (Å²) in [4.78, 5) is 4.85. The van der Waals surface area contributed by atoms with Gasteiger partial charge in [-0.05, 0) is 37.1 Å². The molecular weight excluding hydrogens is 368 g/mol. The second-order valence-electron chi connectivity index (χ2n) is 7.42. The number of para-hydroxylation sites is 1. The van der Waals surface area contributed by atoms with Gasteiger partial charge in [0.25, 0.3) is 0 Å².